The fraction of sp³-hybridized carbons (Fsp3) is 0.387. The van der Waals surface area contributed by atoms with Gasteiger partial charge in [-0.15, -0.1) is 0 Å². The zero-order valence-electron chi connectivity index (χ0n) is 23.5. The predicted octanol–water partition coefficient (Wildman–Crippen LogP) is 3.79. The number of ether oxygens (including phenoxy) is 1. The minimum absolute atomic E-state index is 0.206. The number of aromatic nitrogens is 1. The molecule has 6 N–H and O–H groups in total. The summed E-state index contributed by atoms with van der Waals surface area (Å²) >= 11 is 0. The largest absolute Gasteiger partial charge is 0.481 e. The molecule has 0 aliphatic heterocycles. The van der Waals surface area contributed by atoms with Crippen molar-refractivity contribution in [2.75, 3.05) is 7.11 Å². The molecular weight excluding hydrogens is 508 g/mol. The molecule has 2 amide bonds. The molecule has 0 bridgehead atoms. The van der Waals surface area contributed by atoms with Crippen LogP contribution in [0.2, 0.25) is 0 Å². The van der Waals surface area contributed by atoms with Crippen LogP contribution in [0.1, 0.15) is 38.3 Å². The van der Waals surface area contributed by atoms with E-state index in [-0.39, 0.29) is 6.42 Å². The molecule has 40 heavy (non-hydrogen) atoms. The molecule has 0 spiro atoms. The van der Waals surface area contributed by atoms with Crippen LogP contribution in [0.25, 0.3) is 11.3 Å². The Morgan fingerprint density at radius 1 is 0.925 bits per heavy atom. The number of hydrogen-bond donors (Lipinski definition) is 5. The summed E-state index contributed by atoms with van der Waals surface area (Å²) in [5, 5.41) is 25.6. The standard InChI is InChI=1S/C31H40N4O5/c1-31(2,3)28(35-30(38)39)29(37)33-23(17-20-9-6-5-7-10-20)19-26(36)24(32)18-21-13-15-22(16-14-21)25-11-8-12-27(34-25)40-4/h5-16,23-24,26,28,35-36H,17-19,32H2,1-4H3,(H,33,37)(H,38,39)/t23-,24-,26-,28+/m0/s1. The van der Waals surface area contributed by atoms with Crippen molar-refractivity contribution in [1.29, 1.82) is 0 Å². The number of aliphatic hydroxyl groups excluding tert-OH is 1. The summed E-state index contributed by atoms with van der Waals surface area (Å²) < 4.78 is 5.21. The molecule has 1 heterocycles. The molecule has 0 fully saturated rings. The van der Waals surface area contributed by atoms with Gasteiger partial charge in [0.1, 0.15) is 6.04 Å². The molecule has 0 unspecified atom stereocenters. The van der Waals surface area contributed by atoms with Crippen LogP contribution in [0, 0.1) is 5.41 Å². The highest BCUT2D eigenvalue weighted by Crippen LogP contribution is 2.22. The lowest BCUT2D eigenvalue weighted by atomic mass is 9.85. The summed E-state index contributed by atoms with van der Waals surface area (Å²) in [6.07, 6.45) is -1.08. The zero-order chi connectivity index (χ0) is 29.3. The molecule has 9 nitrogen and oxygen atoms in total. The van der Waals surface area contributed by atoms with Crippen LogP contribution >= 0.6 is 0 Å². The number of nitrogens with two attached hydrogens (primary N) is 1. The molecule has 9 heteroatoms. The Morgan fingerprint density at radius 3 is 2.17 bits per heavy atom. The number of aliphatic hydroxyl groups is 1. The molecule has 3 aromatic rings. The number of pyridine rings is 1. The summed E-state index contributed by atoms with van der Waals surface area (Å²) in [7, 11) is 1.58. The van der Waals surface area contributed by atoms with Crippen LogP contribution in [0.3, 0.4) is 0 Å². The minimum atomic E-state index is -1.27. The second kappa shape index (κ2) is 13.9. The summed E-state index contributed by atoms with van der Waals surface area (Å²) in [6.45, 7) is 5.37. The minimum Gasteiger partial charge on any atom is -0.481 e. The molecule has 0 radical (unpaired) electrons. The van der Waals surface area contributed by atoms with Gasteiger partial charge in [0, 0.05) is 23.7 Å². The quantitative estimate of drug-likeness (QED) is 0.231. The van der Waals surface area contributed by atoms with Gasteiger partial charge in [0.05, 0.1) is 18.9 Å². The first-order valence-corrected chi connectivity index (χ1v) is 13.3. The number of nitrogens with zero attached hydrogens (tertiary/aromatic N) is 1. The van der Waals surface area contributed by atoms with E-state index >= 15 is 0 Å². The average molecular weight is 549 g/mol. The predicted molar refractivity (Wildman–Crippen MR) is 155 cm³/mol. The van der Waals surface area contributed by atoms with Crippen molar-refractivity contribution in [1.82, 2.24) is 15.6 Å². The third-order valence-corrected chi connectivity index (χ3v) is 6.74. The van der Waals surface area contributed by atoms with E-state index < -0.39 is 41.6 Å². The van der Waals surface area contributed by atoms with Crippen molar-refractivity contribution in [3.05, 3.63) is 83.9 Å². The molecule has 0 aliphatic carbocycles. The maximum absolute atomic E-state index is 13.2. The number of benzene rings is 2. The lowest BCUT2D eigenvalue weighted by Crippen LogP contribution is -2.56. The van der Waals surface area contributed by atoms with Crippen molar-refractivity contribution in [2.24, 2.45) is 11.1 Å². The summed E-state index contributed by atoms with van der Waals surface area (Å²) in [5.41, 5.74) is 9.44. The van der Waals surface area contributed by atoms with Gasteiger partial charge in [-0.1, -0.05) is 81.4 Å². The Morgan fingerprint density at radius 2 is 1.57 bits per heavy atom. The van der Waals surface area contributed by atoms with Gasteiger partial charge < -0.3 is 31.3 Å². The Bertz CT molecular complexity index is 1240. The molecule has 0 saturated heterocycles. The maximum Gasteiger partial charge on any atom is 0.405 e. The molecule has 0 aliphatic rings. The third kappa shape index (κ3) is 9.07. The van der Waals surface area contributed by atoms with Gasteiger partial charge in [0.25, 0.3) is 0 Å². The fourth-order valence-corrected chi connectivity index (χ4v) is 4.55. The first kappa shape index (κ1) is 30.6. The maximum atomic E-state index is 13.2. The van der Waals surface area contributed by atoms with Gasteiger partial charge >= 0.3 is 6.09 Å². The van der Waals surface area contributed by atoms with Crippen molar-refractivity contribution in [3.8, 4) is 17.1 Å². The Kier molecular flexibility index (Phi) is 10.6. The normalized spacial score (nSPS) is 14.4. The SMILES string of the molecule is COc1cccc(-c2ccc(C[C@H](N)[C@@H](O)C[C@H](Cc3ccccc3)NC(=O)[C@@H](NC(=O)O)C(C)(C)C)cc2)n1. The number of nitrogens with one attached hydrogen (secondary N) is 2. The first-order valence-electron chi connectivity index (χ1n) is 13.3. The summed E-state index contributed by atoms with van der Waals surface area (Å²) in [5.74, 6) is 0.0924. The lowest BCUT2D eigenvalue weighted by Gasteiger charge is -2.32. The van der Waals surface area contributed by atoms with Gasteiger partial charge in [-0.05, 0) is 41.9 Å². The van der Waals surface area contributed by atoms with Crippen LogP contribution in [0.5, 0.6) is 5.88 Å². The van der Waals surface area contributed by atoms with E-state index in [2.05, 4.69) is 15.6 Å². The number of hydrogen-bond acceptors (Lipinski definition) is 6. The second-order valence-electron chi connectivity index (χ2n) is 11.1. The highest BCUT2D eigenvalue weighted by molar-refractivity contribution is 5.86. The smallest absolute Gasteiger partial charge is 0.405 e. The Labute approximate surface area is 235 Å². The van der Waals surface area contributed by atoms with Gasteiger partial charge in [-0.25, -0.2) is 9.78 Å². The van der Waals surface area contributed by atoms with Gasteiger partial charge in [0.15, 0.2) is 0 Å². The van der Waals surface area contributed by atoms with Crippen LogP contribution < -0.4 is 21.1 Å². The third-order valence-electron chi connectivity index (χ3n) is 6.74. The van der Waals surface area contributed by atoms with E-state index in [1.165, 1.54) is 0 Å². The van der Waals surface area contributed by atoms with Crippen LogP contribution in [-0.4, -0.2) is 58.5 Å². The molecule has 0 saturated carbocycles. The number of amides is 2. The topological polar surface area (TPSA) is 147 Å². The van der Waals surface area contributed by atoms with Gasteiger partial charge in [-0.3, -0.25) is 4.79 Å². The number of carbonyl (C=O) groups excluding carboxylic acids is 1. The van der Waals surface area contributed by atoms with Gasteiger partial charge in [-0.2, -0.15) is 0 Å². The van der Waals surface area contributed by atoms with Crippen molar-refractivity contribution >= 4 is 12.0 Å². The zero-order valence-corrected chi connectivity index (χ0v) is 23.5. The highest BCUT2D eigenvalue weighted by Gasteiger charge is 2.34. The van der Waals surface area contributed by atoms with E-state index in [1.54, 1.807) is 33.9 Å². The summed E-state index contributed by atoms with van der Waals surface area (Å²) in [6, 6.07) is 21.0. The second-order valence-corrected chi connectivity index (χ2v) is 11.1. The van der Waals surface area contributed by atoms with Crippen molar-refractivity contribution < 1.29 is 24.5 Å². The van der Waals surface area contributed by atoms with Crippen LogP contribution in [-0.2, 0) is 17.6 Å². The number of methoxy groups -OCH3 is 1. The summed E-state index contributed by atoms with van der Waals surface area (Å²) in [4.78, 5) is 29.0. The molecule has 2 aromatic carbocycles. The van der Waals surface area contributed by atoms with E-state index in [0.717, 1.165) is 22.4 Å². The van der Waals surface area contributed by atoms with E-state index in [9.17, 15) is 19.8 Å². The Hall–Kier alpha value is -3.95. The molecular formula is C31H40N4O5. The number of carboxylic acid groups (broad SMARTS) is 1. The monoisotopic (exact) mass is 548 g/mol. The average Bonchev–Trinajstić information content (AvgIpc) is 2.92. The molecule has 214 valence electrons. The van der Waals surface area contributed by atoms with E-state index in [0.29, 0.717) is 18.7 Å². The van der Waals surface area contributed by atoms with Crippen molar-refractivity contribution in [3.63, 3.8) is 0 Å². The Balaban J connectivity index is 1.69. The number of carbonyl (C=O) groups is 2. The number of rotatable bonds is 12. The molecule has 3 rings (SSSR count). The molecule has 4 atom stereocenters. The van der Waals surface area contributed by atoms with Crippen LogP contribution in [0.4, 0.5) is 4.79 Å². The lowest BCUT2D eigenvalue weighted by molar-refractivity contribution is -0.126. The van der Waals surface area contributed by atoms with E-state index in [1.807, 2.05) is 66.7 Å². The first-order chi connectivity index (χ1) is 19.0. The fourth-order valence-electron chi connectivity index (χ4n) is 4.55. The van der Waals surface area contributed by atoms with Crippen molar-refractivity contribution in [2.45, 2.75) is 64.3 Å². The molecule has 1 aromatic heterocycles. The van der Waals surface area contributed by atoms with Crippen LogP contribution in [0.15, 0.2) is 72.8 Å². The van der Waals surface area contributed by atoms with Gasteiger partial charge in [0.2, 0.25) is 11.8 Å². The van der Waals surface area contributed by atoms with E-state index in [4.69, 9.17) is 10.5 Å². The highest BCUT2D eigenvalue weighted by atomic mass is 16.5.